The molecule has 0 atom stereocenters. The summed E-state index contributed by atoms with van der Waals surface area (Å²) in [6, 6.07) is 7.79. The molecule has 6 rings (SSSR count). The highest BCUT2D eigenvalue weighted by Crippen LogP contribution is 2.31. The Balaban J connectivity index is 1.33. The van der Waals surface area contributed by atoms with E-state index in [4.69, 9.17) is 9.97 Å². The number of anilines is 2. The number of carbonyl (C=O) groups excluding carboxylic acids is 1. The molecule has 194 valence electrons. The predicted octanol–water partition coefficient (Wildman–Crippen LogP) is 5.32. The zero-order valence-corrected chi connectivity index (χ0v) is 21.9. The SMILES string of the molecule is CC(C)(C)CC(=O)Nc1cncc(-c2ccc3[nH]nc(-c4nc5nccc(N6CCCCC6)c5[nH]4)c3n2)c1. The fraction of sp³-hybridized carbons (Fsp3) is 0.357. The fourth-order valence-electron chi connectivity index (χ4n) is 4.97. The number of nitrogens with one attached hydrogen (secondary N) is 3. The Bertz CT molecular complexity index is 1620. The average molecular weight is 510 g/mol. The lowest BCUT2D eigenvalue weighted by Gasteiger charge is -2.28. The molecule has 0 aliphatic carbocycles. The van der Waals surface area contributed by atoms with E-state index in [9.17, 15) is 4.79 Å². The van der Waals surface area contributed by atoms with Crippen LogP contribution in [0.3, 0.4) is 0 Å². The van der Waals surface area contributed by atoms with E-state index in [0.717, 1.165) is 41.1 Å². The van der Waals surface area contributed by atoms with Gasteiger partial charge in [-0.2, -0.15) is 5.10 Å². The average Bonchev–Trinajstić information content (AvgIpc) is 3.51. The number of pyridine rings is 3. The van der Waals surface area contributed by atoms with Gasteiger partial charge in [0.15, 0.2) is 17.2 Å². The summed E-state index contributed by atoms with van der Waals surface area (Å²) < 4.78 is 0. The van der Waals surface area contributed by atoms with E-state index in [2.05, 4.69) is 41.4 Å². The van der Waals surface area contributed by atoms with Gasteiger partial charge in [0.1, 0.15) is 11.0 Å². The highest BCUT2D eigenvalue weighted by molar-refractivity contribution is 5.94. The number of hydrogen-bond donors (Lipinski definition) is 3. The van der Waals surface area contributed by atoms with Crippen LogP contribution in [0.5, 0.6) is 0 Å². The number of carbonyl (C=O) groups is 1. The second-order valence-electron chi connectivity index (χ2n) is 11.1. The number of H-pyrrole nitrogens is 2. The lowest BCUT2D eigenvalue weighted by molar-refractivity contribution is -0.117. The molecule has 1 aliphatic heterocycles. The van der Waals surface area contributed by atoms with E-state index < -0.39 is 0 Å². The lowest BCUT2D eigenvalue weighted by Crippen LogP contribution is -2.29. The number of hydrogen-bond acceptors (Lipinski definition) is 7. The molecule has 0 spiro atoms. The van der Waals surface area contributed by atoms with E-state index in [1.807, 2.05) is 45.2 Å². The Kier molecular flexibility index (Phi) is 6.01. The number of aromatic amines is 2. The number of imidazole rings is 1. The van der Waals surface area contributed by atoms with Crippen LogP contribution in [0.1, 0.15) is 46.5 Å². The molecule has 1 saturated heterocycles. The molecular formula is C28H31N9O. The van der Waals surface area contributed by atoms with Crippen molar-refractivity contribution in [3.8, 4) is 22.8 Å². The molecule has 5 aromatic heterocycles. The number of aromatic nitrogens is 7. The summed E-state index contributed by atoms with van der Waals surface area (Å²) in [7, 11) is 0. The van der Waals surface area contributed by atoms with Gasteiger partial charge in [0.25, 0.3) is 0 Å². The molecule has 38 heavy (non-hydrogen) atoms. The summed E-state index contributed by atoms with van der Waals surface area (Å²) in [6.07, 6.45) is 9.28. The van der Waals surface area contributed by atoms with Crippen molar-refractivity contribution in [2.24, 2.45) is 5.41 Å². The first-order valence-electron chi connectivity index (χ1n) is 13.0. The van der Waals surface area contributed by atoms with Gasteiger partial charge in [-0.05, 0) is 48.9 Å². The van der Waals surface area contributed by atoms with Gasteiger partial charge in [0.05, 0.1) is 28.8 Å². The molecule has 3 N–H and O–H groups in total. The van der Waals surface area contributed by atoms with E-state index in [0.29, 0.717) is 34.8 Å². The lowest BCUT2D eigenvalue weighted by atomic mass is 9.92. The van der Waals surface area contributed by atoms with E-state index >= 15 is 0 Å². The molecule has 1 fully saturated rings. The van der Waals surface area contributed by atoms with Crippen molar-refractivity contribution in [3.63, 3.8) is 0 Å². The first-order chi connectivity index (χ1) is 18.3. The maximum atomic E-state index is 12.4. The minimum atomic E-state index is -0.0971. The summed E-state index contributed by atoms with van der Waals surface area (Å²) in [4.78, 5) is 36.8. The molecule has 0 radical (unpaired) electrons. The van der Waals surface area contributed by atoms with Gasteiger partial charge in [-0.25, -0.2) is 15.0 Å². The second kappa shape index (κ2) is 9.51. The van der Waals surface area contributed by atoms with Gasteiger partial charge in [-0.3, -0.25) is 14.9 Å². The minimum absolute atomic E-state index is 0.0422. The van der Waals surface area contributed by atoms with Crippen LogP contribution in [-0.4, -0.2) is 54.1 Å². The third-order valence-corrected chi connectivity index (χ3v) is 6.71. The fourth-order valence-corrected chi connectivity index (χ4v) is 4.97. The van der Waals surface area contributed by atoms with Crippen molar-refractivity contribution in [2.45, 2.75) is 46.5 Å². The smallest absolute Gasteiger partial charge is 0.224 e. The standard InChI is InChI=1S/C28H31N9O/c1-28(2,3)14-22(38)31-18-13-17(15-29-16-18)19-7-8-20-23(32-19)25(36-35-20)27-33-24-21(9-10-30-26(24)34-27)37-11-5-4-6-12-37/h7-10,13,15-16H,4-6,11-12,14H2,1-3H3,(H,31,38)(H,35,36)(H,30,33,34). The van der Waals surface area contributed by atoms with E-state index in [1.54, 1.807) is 12.4 Å². The first-order valence-corrected chi connectivity index (χ1v) is 13.0. The molecule has 0 saturated carbocycles. The Hall–Kier alpha value is -4.34. The van der Waals surface area contributed by atoms with E-state index in [1.165, 1.54) is 19.3 Å². The highest BCUT2D eigenvalue weighted by atomic mass is 16.1. The predicted molar refractivity (Wildman–Crippen MR) is 149 cm³/mol. The minimum Gasteiger partial charge on any atom is -0.370 e. The van der Waals surface area contributed by atoms with Crippen LogP contribution in [0.4, 0.5) is 11.4 Å². The van der Waals surface area contributed by atoms with Crippen LogP contribution in [0.25, 0.3) is 45.0 Å². The zero-order chi connectivity index (χ0) is 26.3. The molecule has 10 nitrogen and oxygen atoms in total. The molecule has 0 bridgehead atoms. The molecule has 1 aliphatic rings. The van der Waals surface area contributed by atoms with Gasteiger partial charge >= 0.3 is 0 Å². The number of amides is 1. The van der Waals surface area contributed by atoms with Crippen molar-refractivity contribution < 1.29 is 4.79 Å². The zero-order valence-electron chi connectivity index (χ0n) is 21.9. The number of piperidine rings is 1. The Morgan fingerprint density at radius 1 is 1.08 bits per heavy atom. The summed E-state index contributed by atoms with van der Waals surface area (Å²) in [5.41, 5.74) is 6.90. The molecule has 0 aromatic carbocycles. The van der Waals surface area contributed by atoms with Crippen molar-refractivity contribution in [3.05, 3.63) is 42.9 Å². The molecule has 5 aromatic rings. The topological polar surface area (TPSA) is 128 Å². The van der Waals surface area contributed by atoms with Gasteiger partial charge in [-0.1, -0.05) is 20.8 Å². The van der Waals surface area contributed by atoms with Crippen LogP contribution in [0, 0.1) is 5.41 Å². The van der Waals surface area contributed by atoms with Crippen molar-refractivity contribution in [2.75, 3.05) is 23.3 Å². The third-order valence-electron chi connectivity index (χ3n) is 6.71. The van der Waals surface area contributed by atoms with Crippen LogP contribution in [0.15, 0.2) is 42.9 Å². The van der Waals surface area contributed by atoms with E-state index in [-0.39, 0.29) is 11.3 Å². The Morgan fingerprint density at radius 2 is 1.92 bits per heavy atom. The number of fused-ring (bicyclic) bond motifs is 2. The number of rotatable bonds is 5. The maximum absolute atomic E-state index is 12.4. The summed E-state index contributed by atoms with van der Waals surface area (Å²) in [5.74, 6) is 0.577. The van der Waals surface area contributed by atoms with Gasteiger partial charge < -0.3 is 15.2 Å². The van der Waals surface area contributed by atoms with Crippen LogP contribution in [-0.2, 0) is 4.79 Å². The molecular weight excluding hydrogens is 478 g/mol. The quantitative estimate of drug-likeness (QED) is 0.292. The Morgan fingerprint density at radius 3 is 2.74 bits per heavy atom. The van der Waals surface area contributed by atoms with Crippen molar-refractivity contribution in [1.29, 1.82) is 0 Å². The van der Waals surface area contributed by atoms with Crippen LogP contribution >= 0.6 is 0 Å². The monoisotopic (exact) mass is 509 g/mol. The highest BCUT2D eigenvalue weighted by Gasteiger charge is 2.20. The maximum Gasteiger partial charge on any atom is 0.224 e. The van der Waals surface area contributed by atoms with Gasteiger partial charge in [0, 0.05) is 37.5 Å². The third kappa shape index (κ3) is 4.81. The first kappa shape index (κ1) is 24.0. The second-order valence-corrected chi connectivity index (χ2v) is 11.1. The largest absolute Gasteiger partial charge is 0.370 e. The van der Waals surface area contributed by atoms with Gasteiger partial charge in [-0.15, -0.1) is 0 Å². The van der Waals surface area contributed by atoms with Gasteiger partial charge in [0.2, 0.25) is 5.91 Å². The Labute approximate surface area is 220 Å². The summed E-state index contributed by atoms with van der Waals surface area (Å²) in [5, 5.41) is 10.6. The van der Waals surface area contributed by atoms with Crippen LogP contribution in [0.2, 0.25) is 0 Å². The molecule has 6 heterocycles. The van der Waals surface area contributed by atoms with Crippen LogP contribution < -0.4 is 10.2 Å². The molecule has 0 unspecified atom stereocenters. The van der Waals surface area contributed by atoms with Crippen molar-refractivity contribution in [1.82, 2.24) is 35.1 Å². The summed E-state index contributed by atoms with van der Waals surface area (Å²) >= 11 is 0. The molecule has 10 heteroatoms. The summed E-state index contributed by atoms with van der Waals surface area (Å²) in [6.45, 7) is 8.18. The normalized spacial score (nSPS) is 14.3. The number of nitrogens with zero attached hydrogens (tertiary/aromatic N) is 6. The molecule has 1 amide bonds. The van der Waals surface area contributed by atoms with Crippen molar-refractivity contribution >= 4 is 39.5 Å².